The summed E-state index contributed by atoms with van der Waals surface area (Å²) < 4.78 is 42.0. The Balaban J connectivity index is 1.38. The first-order valence-electron chi connectivity index (χ1n) is 14.6. The number of nitrogens with zero attached hydrogens (tertiary/aromatic N) is 2. The van der Waals surface area contributed by atoms with E-state index < -0.39 is 0 Å². The number of hydrogen-bond donors (Lipinski definition) is 0. The zero-order valence-corrected chi connectivity index (χ0v) is 26.2. The van der Waals surface area contributed by atoms with E-state index in [0.717, 1.165) is 61.5 Å². The standard InChI is InChI=1S/C35H38N2O6S/c1-25-4-13-33(35-34(25)36-44-37-35)30-23-28(26-5-9-31(10-6-26)42-20-18-40-16-14-38-2)22-29(24-30)27-7-11-32(12-8-27)43-21-19-41-17-15-39-3/h4-13,22-24H,14-21H2,1-3H3. The molecular formula is C35H38N2O6S. The van der Waals surface area contributed by atoms with Crippen molar-refractivity contribution in [1.82, 2.24) is 8.75 Å². The SMILES string of the molecule is COCCOCCOc1ccc(-c2cc(-c3ccc(OCCOCCOC)cc3)cc(-c3ccc(C)c4nsnc34)c2)cc1. The van der Waals surface area contributed by atoms with E-state index in [1.54, 1.807) is 14.2 Å². The van der Waals surface area contributed by atoms with Crippen LogP contribution in [-0.4, -0.2) is 75.8 Å². The van der Waals surface area contributed by atoms with Crippen molar-refractivity contribution in [3.63, 3.8) is 0 Å². The molecule has 0 aliphatic carbocycles. The molecule has 0 radical (unpaired) electrons. The Morgan fingerprint density at radius 1 is 0.500 bits per heavy atom. The van der Waals surface area contributed by atoms with Gasteiger partial charge in [-0.2, -0.15) is 8.75 Å². The Labute approximate surface area is 262 Å². The largest absolute Gasteiger partial charge is 0.491 e. The fraction of sp³-hybridized carbons (Fsp3) is 0.314. The van der Waals surface area contributed by atoms with E-state index in [4.69, 9.17) is 28.4 Å². The summed E-state index contributed by atoms with van der Waals surface area (Å²) in [5.74, 6) is 1.60. The van der Waals surface area contributed by atoms with Crippen molar-refractivity contribution < 1.29 is 28.4 Å². The van der Waals surface area contributed by atoms with Gasteiger partial charge in [0.25, 0.3) is 0 Å². The van der Waals surface area contributed by atoms with Crippen molar-refractivity contribution in [3.05, 3.63) is 84.4 Å². The fourth-order valence-corrected chi connectivity index (χ4v) is 5.37. The van der Waals surface area contributed by atoms with Gasteiger partial charge < -0.3 is 28.4 Å². The molecule has 4 aromatic carbocycles. The van der Waals surface area contributed by atoms with Crippen molar-refractivity contribution in [3.8, 4) is 44.9 Å². The predicted molar refractivity (Wildman–Crippen MR) is 175 cm³/mol. The van der Waals surface area contributed by atoms with E-state index in [0.29, 0.717) is 52.9 Å². The van der Waals surface area contributed by atoms with Crippen LogP contribution < -0.4 is 9.47 Å². The molecule has 0 aliphatic rings. The third-order valence-electron chi connectivity index (χ3n) is 7.09. The molecule has 0 fully saturated rings. The van der Waals surface area contributed by atoms with Crippen LogP contribution in [0.25, 0.3) is 44.4 Å². The van der Waals surface area contributed by atoms with Gasteiger partial charge in [0.2, 0.25) is 0 Å². The summed E-state index contributed by atoms with van der Waals surface area (Å²) in [5, 5.41) is 0. The summed E-state index contributed by atoms with van der Waals surface area (Å²) in [7, 11) is 3.32. The summed E-state index contributed by atoms with van der Waals surface area (Å²) in [5.41, 5.74) is 9.49. The van der Waals surface area contributed by atoms with Gasteiger partial charge in [-0.1, -0.05) is 36.4 Å². The van der Waals surface area contributed by atoms with Crippen molar-refractivity contribution >= 4 is 22.8 Å². The second-order valence-electron chi connectivity index (χ2n) is 10.1. The van der Waals surface area contributed by atoms with Gasteiger partial charge in [0.1, 0.15) is 35.7 Å². The molecule has 1 heterocycles. The van der Waals surface area contributed by atoms with Gasteiger partial charge in [0.15, 0.2) is 0 Å². The molecule has 0 saturated carbocycles. The maximum atomic E-state index is 5.87. The lowest BCUT2D eigenvalue weighted by Gasteiger charge is -2.13. The van der Waals surface area contributed by atoms with Crippen LogP contribution in [0.1, 0.15) is 5.56 Å². The molecule has 0 spiro atoms. The molecule has 0 amide bonds. The number of aromatic nitrogens is 2. The zero-order chi connectivity index (χ0) is 30.6. The minimum Gasteiger partial charge on any atom is -0.491 e. The quantitative estimate of drug-likeness (QED) is 0.103. The average molecular weight is 615 g/mol. The van der Waals surface area contributed by atoms with E-state index in [1.165, 1.54) is 11.7 Å². The van der Waals surface area contributed by atoms with E-state index >= 15 is 0 Å². The molecule has 0 saturated heterocycles. The molecule has 44 heavy (non-hydrogen) atoms. The van der Waals surface area contributed by atoms with Crippen LogP contribution in [0, 0.1) is 6.92 Å². The maximum Gasteiger partial charge on any atom is 0.119 e. The van der Waals surface area contributed by atoms with Crippen LogP contribution in [0.5, 0.6) is 11.5 Å². The topological polar surface area (TPSA) is 81.2 Å². The third kappa shape index (κ3) is 8.40. The summed E-state index contributed by atoms with van der Waals surface area (Å²) in [6.07, 6.45) is 0. The maximum absolute atomic E-state index is 5.87. The third-order valence-corrected chi connectivity index (χ3v) is 7.62. The highest BCUT2D eigenvalue weighted by atomic mass is 32.1. The Morgan fingerprint density at radius 2 is 0.977 bits per heavy atom. The minimum absolute atomic E-state index is 0.481. The van der Waals surface area contributed by atoms with Gasteiger partial charge >= 0.3 is 0 Å². The van der Waals surface area contributed by atoms with Crippen LogP contribution in [0.2, 0.25) is 0 Å². The highest BCUT2D eigenvalue weighted by Crippen LogP contribution is 2.37. The van der Waals surface area contributed by atoms with Crippen LogP contribution in [0.4, 0.5) is 0 Å². The monoisotopic (exact) mass is 614 g/mol. The Hall–Kier alpha value is -3.86. The summed E-state index contributed by atoms with van der Waals surface area (Å²) >= 11 is 1.25. The van der Waals surface area contributed by atoms with Gasteiger partial charge in [-0.3, -0.25) is 0 Å². The molecule has 9 heteroatoms. The Bertz CT molecular complexity index is 1530. The van der Waals surface area contributed by atoms with Gasteiger partial charge in [-0.15, -0.1) is 0 Å². The van der Waals surface area contributed by atoms with Crippen LogP contribution in [0.15, 0.2) is 78.9 Å². The van der Waals surface area contributed by atoms with Crippen molar-refractivity contribution in [1.29, 1.82) is 0 Å². The molecule has 0 N–H and O–H groups in total. The van der Waals surface area contributed by atoms with Gasteiger partial charge in [-0.25, -0.2) is 0 Å². The first kappa shape index (κ1) is 31.6. The highest BCUT2D eigenvalue weighted by molar-refractivity contribution is 7.00. The normalized spacial score (nSPS) is 11.2. The minimum atomic E-state index is 0.481. The average Bonchev–Trinajstić information content (AvgIpc) is 3.56. The molecule has 0 unspecified atom stereocenters. The number of ether oxygens (including phenoxy) is 6. The van der Waals surface area contributed by atoms with E-state index in [1.807, 2.05) is 24.3 Å². The summed E-state index contributed by atoms with van der Waals surface area (Å²) in [4.78, 5) is 0. The predicted octanol–water partition coefficient (Wildman–Crippen LogP) is 7.08. The smallest absolute Gasteiger partial charge is 0.119 e. The summed E-state index contributed by atoms with van der Waals surface area (Å²) in [6.45, 7) is 6.32. The second-order valence-corrected chi connectivity index (χ2v) is 10.7. The number of fused-ring (bicyclic) bond motifs is 1. The number of methoxy groups -OCH3 is 2. The second kappa shape index (κ2) is 16.3. The number of hydrogen-bond acceptors (Lipinski definition) is 9. The first-order chi connectivity index (χ1) is 21.7. The highest BCUT2D eigenvalue weighted by Gasteiger charge is 2.13. The lowest BCUT2D eigenvalue weighted by molar-refractivity contribution is 0.0544. The van der Waals surface area contributed by atoms with E-state index in [2.05, 4.69) is 70.3 Å². The molecule has 0 bridgehead atoms. The van der Waals surface area contributed by atoms with Gasteiger partial charge in [0, 0.05) is 19.8 Å². The number of benzene rings is 4. The van der Waals surface area contributed by atoms with Crippen LogP contribution >= 0.6 is 11.7 Å². The lowest BCUT2D eigenvalue weighted by atomic mass is 9.92. The van der Waals surface area contributed by atoms with E-state index in [-0.39, 0.29) is 0 Å². The molecule has 8 nitrogen and oxygen atoms in total. The fourth-order valence-electron chi connectivity index (χ4n) is 4.75. The molecule has 5 rings (SSSR count). The van der Waals surface area contributed by atoms with Crippen LogP contribution in [-0.2, 0) is 18.9 Å². The van der Waals surface area contributed by atoms with E-state index in [9.17, 15) is 0 Å². The number of rotatable bonds is 17. The molecule has 230 valence electrons. The molecular weight excluding hydrogens is 576 g/mol. The summed E-state index contributed by atoms with van der Waals surface area (Å²) in [6, 6.07) is 27.2. The molecule has 0 aliphatic heterocycles. The van der Waals surface area contributed by atoms with Crippen molar-refractivity contribution in [2.75, 3.05) is 67.1 Å². The molecule has 0 atom stereocenters. The number of aryl methyl sites for hydroxylation is 1. The van der Waals surface area contributed by atoms with Crippen molar-refractivity contribution in [2.24, 2.45) is 0 Å². The van der Waals surface area contributed by atoms with Gasteiger partial charge in [0.05, 0.1) is 51.4 Å². The van der Waals surface area contributed by atoms with Crippen molar-refractivity contribution in [2.45, 2.75) is 6.92 Å². The zero-order valence-electron chi connectivity index (χ0n) is 25.4. The first-order valence-corrected chi connectivity index (χ1v) is 15.4. The van der Waals surface area contributed by atoms with Crippen LogP contribution in [0.3, 0.4) is 0 Å². The molecule has 5 aromatic rings. The van der Waals surface area contributed by atoms with Gasteiger partial charge in [-0.05, 0) is 82.8 Å². The Morgan fingerprint density at radius 3 is 1.50 bits per heavy atom. The molecule has 1 aromatic heterocycles. The lowest BCUT2D eigenvalue weighted by Crippen LogP contribution is -2.09. The Kier molecular flexibility index (Phi) is 11.7.